The quantitative estimate of drug-likeness (QED) is 0.511. The first-order chi connectivity index (χ1) is 17.9. The van der Waals surface area contributed by atoms with E-state index in [2.05, 4.69) is 20.4 Å². The molecule has 11 nitrogen and oxygen atoms in total. The van der Waals surface area contributed by atoms with E-state index in [1.165, 1.54) is 10.7 Å². The number of aromatic nitrogens is 4. The highest BCUT2D eigenvalue weighted by molar-refractivity contribution is 6.06. The van der Waals surface area contributed by atoms with Crippen LogP contribution in [0.5, 0.6) is 5.88 Å². The number of halogens is 3. The number of nitrogens with one attached hydrogen (secondary N) is 1. The number of amides is 2. The molecule has 1 aliphatic rings. The first-order valence-corrected chi connectivity index (χ1v) is 11.8. The van der Waals surface area contributed by atoms with E-state index >= 15 is 0 Å². The van der Waals surface area contributed by atoms with E-state index in [1.807, 2.05) is 0 Å². The zero-order valence-corrected chi connectivity index (χ0v) is 21.4. The summed E-state index contributed by atoms with van der Waals surface area (Å²) in [4.78, 5) is 37.0. The Balaban J connectivity index is 1.51. The maximum absolute atomic E-state index is 14.4. The molecule has 1 aromatic carbocycles. The van der Waals surface area contributed by atoms with Crippen molar-refractivity contribution in [2.24, 2.45) is 7.05 Å². The van der Waals surface area contributed by atoms with Crippen LogP contribution in [0.4, 0.5) is 29.6 Å². The highest BCUT2D eigenvalue weighted by atomic mass is 19.3. The van der Waals surface area contributed by atoms with Crippen LogP contribution in [0.25, 0.3) is 10.9 Å². The molecule has 0 spiro atoms. The molecule has 3 aromatic rings. The van der Waals surface area contributed by atoms with Crippen molar-refractivity contribution in [1.82, 2.24) is 24.6 Å². The summed E-state index contributed by atoms with van der Waals surface area (Å²) in [5, 5.41) is 7.01. The predicted octanol–water partition coefficient (Wildman–Crippen LogP) is 3.46. The molecule has 0 aliphatic carbocycles. The second-order valence-corrected chi connectivity index (χ2v) is 9.70. The lowest BCUT2D eigenvalue weighted by atomic mass is 10.2. The van der Waals surface area contributed by atoms with E-state index in [1.54, 1.807) is 43.8 Å². The van der Waals surface area contributed by atoms with Gasteiger partial charge in [0, 0.05) is 56.7 Å². The number of piperazine rings is 1. The van der Waals surface area contributed by atoms with Crippen LogP contribution in [0.1, 0.15) is 31.1 Å². The second kappa shape index (κ2) is 10.7. The summed E-state index contributed by atoms with van der Waals surface area (Å²) in [5.41, 5.74) is -0.547. The van der Waals surface area contributed by atoms with Gasteiger partial charge in [-0.25, -0.2) is 22.9 Å². The number of hydrogen-bond donors (Lipinski definition) is 1. The van der Waals surface area contributed by atoms with Gasteiger partial charge in [-0.15, -0.1) is 0 Å². The molecule has 204 valence electrons. The molecule has 1 N–H and O–H groups in total. The maximum atomic E-state index is 14.4. The van der Waals surface area contributed by atoms with Crippen molar-refractivity contribution in [1.29, 1.82) is 0 Å². The minimum absolute atomic E-state index is 0.134. The number of alkyl halides is 2. The normalized spacial score (nSPS) is 14.2. The van der Waals surface area contributed by atoms with Crippen molar-refractivity contribution in [2.75, 3.05) is 43.0 Å². The summed E-state index contributed by atoms with van der Waals surface area (Å²) >= 11 is 0. The molecule has 14 heteroatoms. The van der Waals surface area contributed by atoms with Gasteiger partial charge in [0.1, 0.15) is 16.7 Å². The number of nitrogens with zero attached hydrogens (tertiary/aromatic N) is 6. The highest BCUT2D eigenvalue weighted by Crippen LogP contribution is 2.25. The Labute approximate surface area is 216 Å². The first kappa shape index (κ1) is 26.9. The molecule has 1 saturated heterocycles. The number of carbonyl (C=O) groups excluding carboxylic acids is 2. The number of aryl methyl sites for hydroxylation is 1. The van der Waals surface area contributed by atoms with Crippen LogP contribution in [-0.2, 0) is 11.8 Å². The van der Waals surface area contributed by atoms with Crippen LogP contribution in [0, 0.1) is 5.82 Å². The van der Waals surface area contributed by atoms with E-state index < -0.39 is 36.5 Å². The molecule has 2 amide bonds. The van der Waals surface area contributed by atoms with Crippen molar-refractivity contribution in [2.45, 2.75) is 32.8 Å². The van der Waals surface area contributed by atoms with Crippen LogP contribution in [0.2, 0.25) is 0 Å². The fourth-order valence-electron chi connectivity index (χ4n) is 3.82. The van der Waals surface area contributed by atoms with E-state index in [0.29, 0.717) is 31.6 Å². The van der Waals surface area contributed by atoms with Crippen molar-refractivity contribution >= 4 is 34.5 Å². The lowest BCUT2D eigenvalue weighted by Crippen LogP contribution is -2.50. The highest BCUT2D eigenvalue weighted by Gasteiger charge is 2.28. The molecule has 4 rings (SSSR count). The Bertz CT molecular complexity index is 1330. The molecule has 0 saturated carbocycles. The molecule has 2 aromatic heterocycles. The summed E-state index contributed by atoms with van der Waals surface area (Å²) < 4.78 is 52.2. The van der Waals surface area contributed by atoms with Crippen molar-refractivity contribution in [3.8, 4) is 5.88 Å². The molecule has 0 bridgehead atoms. The van der Waals surface area contributed by atoms with Crippen molar-refractivity contribution in [3.05, 3.63) is 35.9 Å². The summed E-state index contributed by atoms with van der Waals surface area (Å²) in [5.74, 6) is -1.59. The number of ether oxygens (including phenoxy) is 2. The predicted molar refractivity (Wildman–Crippen MR) is 132 cm³/mol. The monoisotopic (exact) mass is 535 g/mol. The molecule has 38 heavy (non-hydrogen) atoms. The molecule has 0 radical (unpaired) electrons. The van der Waals surface area contributed by atoms with Gasteiger partial charge in [-0.05, 0) is 32.9 Å². The Morgan fingerprint density at radius 3 is 2.53 bits per heavy atom. The Morgan fingerprint density at radius 2 is 1.87 bits per heavy atom. The number of benzene rings is 1. The number of anilines is 2. The zero-order chi connectivity index (χ0) is 27.6. The Morgan fingerprint density at radius 1 is 1.16 bits per heavy atom. The number of carbonyl (C=O) groups is 2. The van der Waals surface area contributed by atoms with Crippen molar-refractivity contribution in [3.63, 3.8) is 0 Å². The fraction of sp³-hybridized carbons (Fsp3) is 0.458. The summed E-state index contributed by atoms with van der Waals surface area (Å²) in [6.45, 7) is 5.71. The molecule has 0 unspecified atom stereocenters. The third-order valence-electron chi connectivity index (χ3n) is 5.48. The van der Waals surface area contributed by atoms with Gasteiger partial charge in [-0.3, -0.25) is 9.48 Å². The van der Waals surface area contributed by atoms with Crippen LogP contribution in [-0.4, -0.2) is 81.5 Å². The van der Waals surface area contributed by atoms with Gasteiger partial charge < -0.3 is 24.6 Å². The number of fused-ring (bicyclic) bond motifs is 1. The maximum Gasteiger partial charge on any atom is 0.410 e. The van der Waals surface area contributed by atoms with E-state index in [4.69, 9.17) is 9.47 Å². The van der Waals surface area contributed by atoms with Gasteiger partial charge in [-0.1, -0.05) is 0 Å². The van der Waals surface area contributed by atoms with Crippen molar-refractivity contribution < 1.29 is 32.2 Å². The van der Waals surface area contributed by atoms with Gasteiger partial charge in [0.15, 0.2) is 12.4 Å². The molecule has 0 atom stereocenters. The second-order valence-electron chi connectivity index (χ2n) is 9.70. The first-order valence-electron chi connectivity index (χ1n) is 11.8. The summed E-state index contributed by atoms with van der Waals surface area (Å²) in [7, 11) is 1.64. The Kier molecular flexibility index (Phi) is 7.60. The van der Waals surface area contributed by atoms with E-state index in [9.17, 15) is 22.8 Å². The SMILES string of the molecule is Cn1cc2cc(NC(=O)c3cnc(N4CCN(C(=O)OC(C)(C)C)CC4)nc3OCC(F)F)cc(F)c2n1. The van der Waals surface area contributed by atoms with Gasteiger partial charge in [0.25, 0.3) is 12.3 Å². The minimum Gasteiger partial charge on any atom is -0.471 e. The lowest BCUT2D eigenvalue weighted by molar-refractivity contribution is 0.0240. The third kappa shape index (κ3) is 6.42. The van der Waals surface area contributed by atoms with Gasteiger partial charge in [-0.2, -0.15) is 10.1 Å². The van der Waals surface area contributed by atoms with Gasteiger partial charge in [0.2, 0.25) is 11.8 Å². The van der Waals surface area contributed by atoms with E-state index in [0.717, 1.165) is 12.3 Å². The van der Waals surface area contributed by atoms with Crippen LogP contribution >= 0.6 is 0 Å². The molecular formula is C24H28F3N7O4. The summed E-state index contributed by atoms with van der Waals surface area (Å²) in [6.07, 6.45) is -0.487. The standard InChI is InChI=1S/C24H28F3N7O4/c1-24(2,3)38-23(36)34-7-5-33(6-8-34)22-28-11-16(21(30-22)37-13-18(26)27)20(35)29-15-9-14-12-32(4)31-19(14)17(25)10-15/h9-12,18H,5-8,13H2,1-4H3,(H,29,35). The van der Waals surface area contributed by atoms with Crippen LogP contribution in [0.15, 0.2) is 24.5 Å². The minimum atomic E-state index is -2.80. The summed E-state index contributed by atoms with van der Waals surface area (Å²) in [6, 6.07) is 2.63. The smallest absolute Gasteiger partial charge is 0.410 e. The van der Waals surface area contributed by atoms with Crippen LogP contribution in [0.3, 0.4) is 0 Å². The zero-order valence-electron chi connectivity index (χ0n) is 21.4. The van der Waals surface area contributed by atoms with Gasteiger partial charge >= 0.3 is 6.09 Å². The molecular weight excluding hydrogens is 507 g/mol. The molecule has 1 aliphatic heterocycles. The fourth-order valence-corrected chi connectivity index (χ4v) is 3.82. The third-order valence-corrected chi connectivity index (χ3v) is 5.48. The Hall–Kier alpha value is -4.10. The number of hydrogen-bond acceptors (Lipinski definition) is 8. The molecule has 3 heterocycles. The average Bonchev–Trinajstić information content (AvgIpc) is 3.22. The molecule has 1 fully saturated rings. The van der Waals surface area contributed by atoms with Crippen LogP contribution < -0.4 is 15.0 Å². The van der Waals surface area contributed by atoms with E-state index in [-0.39, 0.29) is 28.6 Å². The van der Waals surface area contributed by atoms with Gasteiger partial charge in [0.05, 0.1) is 0 Å². The lowest BCUT2D eigenvalue weighted by Gasteiger charge is -2.35. The largest absolute Gasteiger partial charge is 0.471 e. The topological polar surface area (TPSA) is 115 Å². The average molecular weight is 536 g/mol. The number of rotatable bonds is 6.